The van der Waals surface area contributed by atoms with E-state index in [1.165, 1.54) is 12.1 Å². The maximum Gasteiger partial charge on any atom is 0.224 e. The molecule has 0 bridgehead atoms. The largest absolute Gasteiger partial charge is 0.391 e. The molecular formula is C17H23FN2O2. The highest BCUT2D eigenvalue weighted by Gasteiger charge is 2.16. The number of H-pyrrole nitrogens is 1. The van der Waals surface area contributed by atoms with Gasteiger partial charge < -0.3 is 15.4 Å². The van der Waals surface area contributed by atoms with Gasteiger partial charge in [0.05, 0.1) is 12.5 Å². The first-order chi connectivity index (χ1) is 10.5. The molecule has 120 valence electrons. The summed E-state index contributed by atoms with van der Waals surface area (Å²) in [4.78, 5) is 15.0. The van der Waals surface area contributed by atoms with E-state index in [9.17, 15) is 14.3 Å². The lowest BCUT2D eigenvalue weighted by Crippen LogP contribution is -2.36. The number of aliphatic hydroxyl groups excluding tert-OH is 1. The molecule has 0 spiro atoms. The number of benzene rings is 1. The van der Waals surface area contributed by atoms with Crippen LogP contribution in [0.1, 0.15) is 32.3 Å². The summed E-state index contributed by atoms with van der Waals surface area (Å²) < 4.78 is 13.1. The first-order valence-electron chi connectivity index (χ1n) is 7.75. The van der Waals surface area contributed by atoms with E-state index in [0.29, 0.717) is 5.52 Å². The standard InChI is InChI=1S/C17H23FN2O2/c1-3-11(4-2)16(21)10-20-17(22)7-12-9-19-15-8-13(18)5-6-14(12)15/h5-6,8-9,11,16,19,21H,3-4,7,10H2,1-2H3,(H,20,22). The van der Waals surface area contributed by atoms with Crippen molar-refractivity contribution in [2.24, 2.45) is 5.92 Å². The number of aliphatic hydroxyl groups is 1. The van der Waals surface area contributed by atoms with E-state index in [2.05, 4.69) is 10.3 Å². The van der Waals surface area contributed by atoms with Gasteiger partial charge >= 0.3 is 0 Å². The molecule has 1 amide bonds. The third-order valence-corrected chi connectivity index (χ3v) is 4.18. The van der Waals surface area contributed by atoms with Crippen molar-refractivity contribution in [1.29, 1.82) is 0 Å². The van der Waals surface area contributed by atoms with E-state index < -0.39 is 6.10 Å². The fourth-order valence-corrected chi connectivity index (χ4v) is 2.76. The van der Waals surface area contributed by atoms with Gasteiger partial charge in [-0.05, 0) is 29.7 Å². The van der Waals surface area contributed by atoms with Crippen LogP contribution in [0.3, 0.4) is 0 Å². The maximum atomic E-state index is 13.1. The van der Waals surface area contributed by atoms with Gasteiger partial charge in [0.2, 0.25) is 5.91 Å². The quantitative estimate of drug-likeness (QED) is 0.736. The van der Waals surface area contributed by atoms with E-state index in [-0.39, 0.29) is 30.6 Å². The summed E-state index contributed by atoms with van der Waals surface area (Å²) >= 11 is 0. The van der Waals surface area contributed by atoms with Crippen LogP contribution in [-0.2, 0) is 11.2 Å². The molecule has 1 aromatic carbocycles. The highest BCUT2D eigenvalue weighted by molar-refractivity contribution is 5.88. The fourth-order valence-electron chi connectivity index (χ4n) is 2.76. The number of aromatic nitrogens is 1. The number of rotatable bonds is 7. The monoisotopic (exact) mass is 306 g/mol. The number of halogens is 1. The Hall–Kier alpha value is -1.88. The summed E-state index contributed by atoms with van der Waals surface area (Å²) in [6.45, 7) is 4.33. The van der Waals surface area contributed by atoms with E-state index >= 15 is 0 Å². The Morgan fingerprint density at radius 2 is 2.09 bits per heavy atom. The summed E-state index contributed by atoms with van der Waals surface area (Å²) in [5, 5.41) is 13.6. The van der Waals surface area contributed by atoms with Crippen molar-refractivity contribution in [3.8, 4) is 0 Å². The Morgan fingerprint density at radius 1 is 1.36 bits per heavy atom. The normalized spacial score (nSPS) is 12.8. The van der Waals surface area contributed by atoms with Crippen LogP contribution < -0.4 is 5.32 Å². The summed E-state index contributed by atoms with van der Waals surface area (Å²) in [6.07, 6.45) is 3.20. The molecule has 1 heterocycles. The summed E-state index contributed by atoms with van der Waals surface area (Å²) in [5.74, 6) is -0.245. The average molecular weight is 306 g/mol. The van der Waals surface area contributed by atoms with Gasteiger partial charge in [0.25, 0.3) is 0 Å². The van der Waals surface area contributed by atoms with Gasteiger partial charge in [-0.15, -0.1) is 0 Å². The van der Waals surface area contributed by atoms with E-state index in [4.69, 9.17) is 0 Å². The van der Waals surface area contributed by atoms with Gasteiger partial charge in [0.15, 0.2) is 0 Å². The molecule has 0 saturated heterocycles. The van der Waals surface area contributed by atoms with Gasteiger partial charge in [0, 0.05) is 23.6 Å². The van der Waals surface area contributed by atoms with Crippen molar-refractivity contribution >= 4 is 16.8 Å². The van der Waals surface area contributed by atoms with Crippen LogP contribution in [0.15, 0.2) is 24.4 Å². The lowest BCUT2D eigenvalue weighted by Gasteiger charge is -2.20. The number of carbonyl (C=O) groups is 1. The molecule has 0 fully saturated rings. The van der Waals surface area contributed by atoms with Gasteiger partial charge in [-0.2, -0.15) is 0 Å². The Kier molecular flexibility index (Phi) is 5.55. The molecule has 1 aromatic heterocycles. The first-order valence-corrected chi connectivity index (χ1v) is 7.75. The molecule has 5 heteroatoms. The van der Waals surface area contributed by atoms with Crippen LogP contribution in [0, 0.1) is 11.7 Å². The minimum absolute atomic E-state index is 0.143. The van der Waals surface area contributed by atoms with Crippen molar-refractivity contribution in [3.05, 3.63) is 35.8 Å². The summed E-state index contributed by atoms with van der Waals surface area (Å²) in [6, 6.07) is 4.46. The van der Waals surface area contributed by atoms with Crippen LogP contribution in [0.4, 0.5) is 4.39 Å². The molecule has 1 unspecified atom stereocenters. The minimum atomic E-state index is -0.518. The zero-order valence-corrected chi connectivity index (χ0v) is 13.0. The van der Waals surface area contributed by atoms with Gasteiger partial charge in [-0.25, -0.2) is 4.39 Å². The average Bonchev–Trinajstić information content (AvgIpc) is 2.88. The first kappa shape index (κ1) is 16.5. The lowest BCUT2D eigenvalue weighted by molar-refractivity contribution is -0.121. The molecule has 22 heavy (non-hydrogen) atoms. The van der Waals surface area contributed by atoms with Gasteiger partial charge in [-0.1, -0.05) is 26.7 Å². The Morgan fingerprint density at radius 3 is 2.77 bits per heavy atom. The Labute approximate surface area is 129 Å². The predicted octanol–water partition coefficient (Wildman–Crippen LogP) is 2.76. The van der Waals surface area contributed by atoms with Crippen LogP contribution in [0.2, 0.25) is 0 Å². The van der Waals surface area contributed by atoms with Crippen LogP contribution in [0.5, 0.6) is 0 Å². The van der Waals surface area contributed by atoms with Crippen molar-refractivity contribution in [2.45, 2.75) is 39.2 Å². The zero-order chi connectivity index (χ0) is 16.1. The number of hydrogen-bond donors (Lipinski definition) is 3. The molecule has 2 aromatic rings. The lowest BCUT2D eigenvalue weighted by atomic mass is 9.96. The van der Waals surface area contributed by atoms with E-state index in [1.807, 2.05) is 13.8 Å². The topological polar surface area (TPSA) is 65.1 Å². The van der Waals surface area contributed by atoms with Gasteiger partial charge in [0.1, 0.15) is 5.82 Å². The highest BCUT2D eigenvalue weighted by Crippen LogP contribution is 2.19. The molecule has 0 saturated carbocycles. The molecule has 1 atom stereocenters. The zero-order valence-electron chi connectivity index (χ0n) is 13.0. The number of aromatic amines is 1. The number of nitrogens with one attached hydrogen (secondary N) is 2. The van der Waals surface area contributed by atoms with Crippen molar-refractivity contribution in [3.63, 3.8) is 0 Å². The number of carbonyl (C=O) groups excluding carboxylic acids is 1. The predicted molar refractivity (Wildman–Crippen MR) is 85.0 cm³/mol. The minimum Gasteiger partial charge on any atom is -0.391 e. The Bertz CT molecular complexity index is 635. The molecule has 4 nitrogen and oxygen atoms in total. The molecule has 0 aliphatic heterocycles. The molecule has 0 radical (unpaired) electrons. The maximum absolute atomic E-state index is 13.1. The number of amides is 1. The number of fused-ring (bicyclic) bond motifs is 1. The highest BCUT2D eigenvalue weighted by atomic mass is 19.1. The van der Waals surface area contributed by atoms with Crippen LogP contribution >= 0.6 is 0 Å². The molecule has 3 N–H and O–H groups in total. The van der Waals surface area contributed by atoms with Crippen molar-refractivity contribution in [2.75, 3.05) is 6.54 Å². The molecule has 0 aliphatic rings. The summed E-state index contributed by atoms with van der Waals surface area (Å²) in [7, 11) is 0. The smallest absolute Gasteiger partial charge is 0.224 e. The van der Waals surface area contributed by atoms with Crippen molar-refractivity contribution < 1.29 is 14.3 Å². The molecule has 0 aliphatic carbocycles. The van der Waals surface area contributed by atoms with E-state index in [0.717, 1.165) is 23.8 Å². The summed E-state index contributed by atoms with van der Waals surface area (Å²) in [5.41, 5.74) is 1.50. The van der Waals surface area contributed by atoms with Crippen LogP contribution in [-0.4, -0.2) is 28.6 Å². The third-order valence-electron chi connectivity index (χ3n) is 4.18. The molecular weight excluding hydrogens is 283 g/mol. The fraction of sp³-hybridized carbons (Fsp3) is 0.471. The van der Waals surface area contributed by atoms with Crippen molar-refractivity contribution in [1.82, 2.24) is 10.3 Å². The Balaban J connectivity index is 1.94. The second-order valence-electron chi connectivity index (χ2n) is 5.63. The second-order valence-corrected chi connectivity index (χ2v) is 5.63. The van der Waals surface area contributed by atoms with E-state index in [1.54, 1.807) is 12.3 Å². The number of hydrogen-bond acceptors (Lipinski definition) is 2. The third kappa shape index (κ3) is 3.85. The SMILES string of the molecule is CCC(CC)C(O)CNC(=O)Cc1c[nH]c2cc(F)ccc12. The second kappa shape index (κ2) is 7.40. The van der Waals surface area contributed by atoms with Gasteiger partial charge in [-0.3, -0.25) is 4.79 Å². The van der Waals surface area contributed by atoms with Crippen LogP contribution in [0.25, 0.3) is 10.9 Å². The molecule has 2 rings (SSSR count).